The Hall–Kier alpha value is -0.360. The van der Waals surface area contributed by atoms with Crippen molar-refractivity contribution in [3.05, 3.63) is 0 Å². The lowest BCUT2D eigenvalue weighted by Gasteiger charge is -2.19. The first-order chi connectivity index (χ1) is 6.05. The molecule has 0 aromatic heterocycles. The highest BCUT2D eigenvalue weighted by Gasteiger charge is 2.54. The molecule has 0 saturated carbocycles. The molecule has 1 unspecified atom stereocenters. The average Bonchev–Trinajstić information content (AvgIpc) is 2.47. The molecule has 0 aromatic rings. The quantitative estimate of drug-likeness (QED) is 0.484. The van der Waals surface area contributed by atoms with Crippen LogP contribution in [0.2, 0.25) is 0 Å². The third-order valence-electron chi connectivity index (χ3n) is 1.81. The van der Waals surface area contributed by atoms with Crippen LogP contribution in [-0.4, -0.2) is 38.7 Å². The molecule has 0 radical (unpaired) electrons. The van der Waals surface area contributed by atoms with Crippen molar-refractivity contribution in [2.75, 3.05) is 18.6 Å². The zero-order valence-electron chi connectivity index (χ0n) is 7.36. The number of ether oxygens (including phenoxy) is 1. The van der Waals surface area contributed by atoms with Crippen molar-refractivity contribution in [3.8, 4) is 0 Å². The Morgan fingerprint density at radius 1 is 1.54 bits per heavy atom. The largest absolute Gasteiger partial charge is 0.467 e. The van der Waals surface area contributed by atoms with Gasteiger partial charge in [0.25, 0.3) is 0 Å². The third kappa shape index (κ3) is 1.52. The van der Waals surface area contributed by atoms with E-state index in [4.69, 9.17) is 0 Å². The van der Waals surface area contributed by atoms with E-state index in [1.54, 1.807) is 0 Å². The molecule has 0 amide bonds. The first-order valence-corrected chi connectivity index (χ1v) is 5.98. The van der Waals surface area contributed by atoms with E-state index in [1.165, 1.54) is 14.0 Å². The van der Waals surface area contributed by atoms with Gasteiger partial charge in [0, 0.05) is 11.5 Å². The number of Topliss-reactive ketones (excluding diaryl/α,β-unsaturated/α-hetero) is 1. The van der Waals surface area contributed by atoms with Gasteiger partial charge in [-0.05, 0) is 6.92 Å². The fourth-order valence-corrected chi connectivity index (χ4v) is 4.70. The average molecular weight is 222 g/mol. The van der Waals surface area contributed by atoms with Gasteiger partial charge in [0.1, 0.15) is 0 Å². The van der Waals surface area contributed by atoms with Crippen LogP contribution in [0.5, 0.6) is 0 Å². The first kappa shape index (κ1) is 10.7. The Morgan fingerprint density at radius 2 is 2.15 bits per heavy atom. The molecule has 1 rings (SSSR count). The van der Waals surface area contributed by atoms with Crippen LogP contribution in [0.15, 0.2) is 0 Å². The maximum Gasteiger partial charge on any atom is 0.342 e. The van der Waals surface area contributed by atoms with E-state index in [9.17, 15) is 13.8 Å². The van der Waals surface area contributed by atoms with Gasteiger partial charge in [0.2, 0.25) is 4.08 Å². The standard InChI is InChI=1S/C7H10O4S2/c1-5(8)7(6(9)11-2)12-3-4-13(7)10/h3-4H2,1-2H3/t7-,13?/m0/s1. The molecule has 6 heteroatoms. The van der Waals surface area contributed by atoms with E-state index in [-0.39, 0.29) is 5.78 Å². The zero-order valence-corrected chi connectivity index (χ0v) is 9.00. The van der Waals surface area contributed by atoms with Crippen LogP contribution < -0.4 is 0 Å². The van der Waals surface area contributed by atoms with Gasteiger partial charge in [-0.3, -0.25) is 9.00 Å². The van der Waals surface area contributed by atoms with Crippen LogP contribution in [0.1, 0.15) is 6.92 Å². The van der Waals surface area contributed by atoms with Crippen LogP contribution >= 0.6 is 11.8 Å². The summed E-state index contributed by atoms with van der Waals surface area (Å²) in [5.41, 5.74) is 0. The zero-order chi connectivity index (χ0) is 10.1. The number of ketones is 1. The second-order valence-electron chi connectivity index (χ2n) is 2.56. The molecule has 2 atom stereocenters. The molecule has 0 N–H and O–H groups in total. The summed E-state index contributed by atoms with van der Waals surface area (Å²) in [5, 5.41) is 0. The summed E-state index contributed by atoms with van der Waals surface area (Å²) in [7, 11) is -0.243. The van der Waals surface area contributed by atoms with Gasteiger partial charge in [-0.15, -0.1) is 11.8 Å². The van der Waals surface area contributed by atoms with E-state index >= 15 is 0 Å². The Morgan fingerprint density at radius 3 is 2.46 bits per heavy atom. The normalized spacial score (nSPS) is 32.9. The molecule has 0 bridgehead atoms. The van der Waals surface area contributed by atoms with Crippen molar-refractivity contribution in [2.45, 2.75) is 11.0 Å². The summed E-state index contributed by atoms with van der Waals surface area (Å²) in [4.78, 5) is 22.6. The summed E-state index contributed by atoms with van der Waals surface area (Å²) >= 11 is 1.11. The Balaban J connectivity index is 3.08. The molecule has 74 valence electrons. The highest BCUT2D eigenvalue weighted by Crippen LogP contribution is 2.37. The monoisotopic (exact) mass is 222 g/mol. The molecular weight excluding hydrogens is 212 g/mol. The van der Waals surface area contributed by atoms with Crippen LogP contribution in [-0.2, 0) is 25.1 Å². The van der Waals surface area contributed by atoms with Crippen LogP contribution in [0, 0.1) is 0 Å². The number of thioether (sulfide) groups is 1. The Labute approximate surface area is 82.9 Å². The number of hydrogen-bond acceptors (Lipinski definition) is 5. The summed E-state index contributed by atoms with van der Waals surface area (Å²) < 4.78 is 14.6. The molecule has 0 aliphatic carbocycles. The molecule has 1 aliphatic rings. The number of carbonyl (C=O) groups excluding carboxylic acids is 2. The minimum atomic E-state index is -1.45. The summed E-state index contributed by atoms with van der Waals surface area (Å²) in [5.74, 6) is -0.151. The van der Waals surface area contributed by atoms with Gasteiger partial charge < -0.3 is 4.74 Å². The fraction of sp³-hybridized carbons (Fsp3) is 0.714. The first-order valence-electron chi connectivity index (χ1n) is 3.67. The lowest BCUT2D eigenvalue weighted by atomic mass is 10.3. The molecule has 4 nitrogen and oxygen atoms in total. The van der Waals surface area contributed by atoms with Gasteiger partial charge in [-0.1, -0.05) is 0 Å². The number of esters is 1. The molecule has 0 aromatic carbocycles. The molecule has 13 heavy (non-hydrogen) atoms. The van der Waals surface area contributed by atoms with Crippen molar-refractivity contribution >= 4 is 34.3 Å². The van der Waals surface area contributed by atoms with Crippen molar-refractivity contribution in [1.82, 2.24) is 0 Å². The number of carbonyl (C=O) groups is 2. The van der Waals surface area contributed by atoms with Gasteiger partial charge in [-0.2, -0.15) is 0 Å². The molecule has 1 heterocycles. The van der Waals surface area contributed by atoms with E-state index in [1.807, 2.05) is 0 Å². The number of methoxy groups -OCH3 is 1. The Kier molecular flexibility index (Phi) is 3.13. The van der Waals surface area contributed by atoms with Crippen molar-refractivity contribution < 1.29 is 18.5 Å². The van der Waals surface area contributed by atoms with E-state index in [0.29, 0.717) is 11.5 Å². The van der Waals surface area contributed by atoms with Crippen molar-refractivity contribution in [3.63, 3.8) is 0 Å². The van der Waals surface area contributed by atoms with Gasteiger partial charge in [0.05, 0.1) is 17.9 Å². The van der Waals surface area contributed by atoms with Crippen LogP contribution in [0.25, 0.3) is 0 Å². The van der Waals surface area contributed by atoms with Gasteiger partial charge in [-0.25, -0.2) is 4.79 Å². The minimum Gasteiger partial charge on any atom is -0.467 e. The van der Waals surface area contributed by atoms with Crippen molar-refractivity contribution in [2.24, 2.45) is 0 Å². The maximum atomic E-state index is 11.5. The summed E-state index contributed by atoms with van der Waals surface area (Å²) in [6.07, 6.45) is 0. The lowest BCUT2D eigenvalue weighted by Crippen LogP contribution is -2.44. The maximum absolute atomic E-state index is 11.5. The van der Waals surface area contributed by atoms with E-state index in [2.05, 4.69) is 4.74 Å². The van der Waals surface area contributed by atoms with Crippen LogP contribution in [0.3, 0.4) is 0 Å². The van der Waals surface area contributed by atoms with Crippen molar-refractivity contribution in [1.29, 1.82) is 0 Å². The highest BCUT2D eigenvalue weighted by atomic mass is 32.2. The minimum absolute atomic E-state index is 0.374. The Bertz CT molecular complexity index is 276. The van der Waals surface area contributed by atoms with Crippen LogP contribution in [0.4, 0.5) is 0 Å². The number of hydrogen-bond donors (Lipinski definition) is 0. The van der Waals surface area contributed by atoms with Gasteiger partial charge in [0.15, 0.2) is 5.78 Å². The highest BCUT2D eigenvalue weighted by molar-refractivity contribution is 8.17. The molecular formula is C7H10O4S2. The number of rotatable bonds is 2. The predicted octanol–water partition coefficient (Wildman–Crippen LogP) is -0.0598. The molecule has 1 aliphatic heterocycles. The third-order valence-corrected chi connectivity index (χ3v) is 5.92. The molecule has 0 spiro atoms. The second kappa shape index (κ2) is 3.79. The predicted molar refractivity (Wildman–Crippen MR) is 50.9 cm³/mol. The summed E-state index contributed by atoms with van der Waals surface area (Å²) in [6.45, 7) is 1.27. The fourth-order valence-electron chi connectivity index (χ4n) is 1.16. The molecule has 1 saturated heterocycles. The van der Waals surface area contributed by atoms with E-state index in [0.717, 1.165) is 11.8 Å². The van der Waals surface area contributed by atoms with E-state index < -0.39 is 20.8 Å². The second-order valence-corrected chi connectivity index (χ2v) is 5.84. The van der Waals surface area contributed by atoms with Gasteiger partial charge >= 0.3 is 5.97 Å². The summed E-state index contributed by atoms with van der Waals surface area (Å²) in [6, 6.07) is 0. The lowest BCUT2D eigenvalue weighted by molar-refractivity contribution is -0.143. The molecule has 1 fully saturated rings. The SMILES string of the molecule is COC(=O)[C@@]1(C(C)=O)SCCS1=O. The topological polar surface area (TPSA) is 60.4 Å². The smallest absolute Gasteiger partial charge is 0.342 e.